The molecule has 8 nitrogen and oxygen atoms in total. The normalized spacial score (nSPS) is 20.8. The summed E-state index contributed by atoms with van der Waals surface area (Å²) in [6.07, 6.45) is 11.7. The number of benzene rings is 1. The number of nitrogens with two attached hydrogens (primary N) is 2. The fourth-order valence-corrected chi connectivity index (χ4v) is 5.76. The van der Waals surface area contributed by atoms with Crippen LogP contribution in [0.15, 0.2) is 36.8 Å². The number of likely N-dealkylation sites (tertiary alicyclic amines) is 1. The minimum Gasteiger partial charge on any atom is -0.381 e. The van der Waals surface area contributed by atoms with Crippen molar-refractivity contribution in [2.45, 2.75) is 50.1 Å². The van der Waals surface area contributed by atoms with Gasteiger partial charge in [0.05, 0.1) is 16.1 Å². The van der Waals surface area contributed by atoms with Gasteiger partial charge >= 0.3 is 0 Å². The summed E-state index contributed by atoms with van der Waals surface area (Å²) in [5.74, 6) is 0.606. The lowest BCUT2D eigenvalue weighted by molar-refractivity contribution is 0.0645. The molecule has 5 N–H and O–H groups in total. The second kappa shape index (κ2) is 8.93. The average molecular weight is 468 g/mol. The summed E-state index contributed by atoms with van der Waals surface area (Å²) in [6.45, 7) is 2.49. The van der Waals surface area contributed by atoms with Crippen LogP contribution >= 0.6 is 11.6 Å². The maximum atomic E-state index is 13.5. The smallest absolute Gasteiger partial charge is 0.253 e. The number of nitrogens with one attached hydrogen (secondary N) is 1. The summed E-state index contributed by atoms with van der Waals surface area (Å²) in [6, 6.07) is 5.76. The van der Waals surface area contributed by atoms with E-state index in [4.69, 9.17) is 23.1 Å². The Balaban J connectivity index is 1.47. The van der Waals surface area contributed by atoms with Crippen molar-refractivity contribution in [3.05, 3.63) is 47.4 Å². The van der Waals surface area contributed by atoms with Crippen LogP contribution < -0.4 is 16.8 Å². The summed E-state index contributed by atoms with van der Waals surface area (Å²) in [5.41, 5.74) is 13.5. The Morgan fingerprint density at radius 3 is 2.73 bits per heavy atom. The van der Waals surface area contributed by atoms with Crippen molar-refractivity contribution in [2.24, 2.45) is 5.73 Å². The molecule has 0 radical (unpaired) electrons. The number of amides is 1. The number of carbonyl (C=O) groups is 1. The molecule has 0 bridgehead atoms. The number of nitrogens with zero attached hydrogens (tertiary/aromatic N) is 4. The maximum absolute atomic E-state index is 13.5. The van der Waals surface area contributed by atoms with Crippen LogP contribution in [0.25, 0.3) is 16.7 Å². The van der Waals surface area contributed by atoms with E-state index in [1.165, 1.54) is 19.3 Å². The van der Waals surface area contributed by atoms with Crippen LogP contribution in [0, 0.1) is 0 Å². The zero-order chi connectivity index (χ0) is 23.0. The van der Waals surface area contributed by atoms with Crippen LogP contribution in [0.4, 0.5) is 5.82 Å². The molecular weight excluding hydrogens is 438 g/mol. The Kier molecular flexibility index (Phi) is 5.99. The first-order chi connectivity index (χ1) is 16.0. The third-order valence-electron chi connectivity index (χ3n) is 7.22. The van der Waals surface area contributed by atoms with Gasteiger partial charge in [-0.2, -0.15) is 0 Å². The highest BCUT2D eigenvalue weighted by Gasteiger charge is 2.41. The molecule has 1 aromatic carbocycles. The molecule has 0 spiro atoms. The van der Waals surface area contributed by atoms with Crippen molar-refractivity contribution >= 4 is 34.2 Å². The number of halogens is 1. The fourth-order valence-electron chi connectivity index (χ4n) is 5.49. The highest BCUT2D eigenvalue weighted by Crippen LogP contribution is 2.36. The van der Waals surface area contributed by atoms with Crippen molar-refractivity contribution in [3.63, 3.8) is 0 Å². The van der Waals surface area contributed by atoms with E-state index in [1.807, 2.05) is 12.1 Å². The second-order valence-corrected chi connectivity index (χ2v) is 9.68. The van der Waals surface area contributed by atoms with Gasteiger partial charge in [0.25, 0.3) is 5.91 Å². The predicted molar refractivity (Wildman–Crippen MR) is 131 cm³/mol. The van der Waals surface area contributed by atoms with E-state index >= 15 is 0 Å². The Labute approximate surface area is 198 Å². The Bertz CT molecular complexity index is 1170. The average Bonchev–Trinajstić information content (AvgIpc) is 3.44. The van der Waals surface area contributed by atoms with Crippen LogP contribution in [0.1, 0.15) is 48.9 Å². The second-order valence-electron chi connectivity index (χ2n) is 9.27. The number of fused-ring (bicyclic) bond motifs is 1. The van der Waals surface area contributed by atoms with Crippen LogP contribution in [-0.2, 0) is 0 Å². The number of hydrogen-bond donors (Lipinski definition) is 3. The van der Waals surface area contributed by atoms with Crippen LogP contribution in [0.3, 0.4) is 0 Å². The van der Waals surface area contributed by atoms with Gasteiger partial charge in [0.1, 0.15) is 0 Å². The summed E-state index contributed by atoms with van der Waals surface area (Å²) in [7, 11) is 0. The van der Waals surface area contributed by atoms with E-state index in [0.717, 1.165) is 37.9 Å². The number of hydrogen-bond acceptors (Lipinski definition) is 6. The molecule has 1 atom stereocenters. The van der Waals surface area contributed by atoms with E-state index < -0.39 is 0 Å². The summed E-state index contributed by atoms with van der Waals surface area (Å²) in [5, 5.41) is 4.43. The lowest BCUT2D eigenvalue weighted by Gasteiger charge is -2.45. The van der Waals surface area contributed by atoms with E-state index in [9.17, 15) is 4.79 Å². The van der Waals surface area contributed by atoms with Crippen molar-refractivity contribution < 1.29 is 4.79 Å². The minimum absolute atomic E-state index is 0.0282. The quantitative estimate of drug-likeness (QED) is 0.531. The lowest BCUT2D eigenvalue weighted by Crippen LogP contribution is -2.56. The molecule has 2 aromatic heterocycles. The van der Waals surface area contributed by atoms with Gasteiger partial charge in [0.15, 0.2) is 11.6 Å². The Morgan fingerprint density at radius 2 is 2.00 bits per heavy atom. The molecule has 1 amide bonds. The maximum Gasteiger partial charge on any atom is 0.253 e. The predicted octanol–water partition coefficient (Wildman–Crippen LogP) is 3.12. The topological polar surface area (TPSA) is 115 Å². The van der Waals surface area contributed by atoms with Gasteiger partial charge in [-0.1, -0.05) is 36.9 Å². The number of carbonyl (C=O) groups excluding carboxylic acids is 1. The number of anilines is 1. The van der Waals surface area contributed by atoms with E-state index in [-0.39, 0.29) is 23.3 Å². The number of rotatable bonds is 5. The number of aromatic nitrogens is 3. The highest BCUT2D eigenvalue weighted by atomic mass is 35.5. The SMILES string of the molecule is Nc1nccnc1-n1cc(C(=O)NCC2(N3CC[C@@H](N)C3)CCCCC2)c2c(Cl)cccc21. The standard InChI is InChI=1S/C24H30ClN7O/c25-18-5-4-6-19-20(18)17(14-32(19)22-21(27)28-10-11-29-22)23(33)30-15-24(8-2-1-3-9-24)31-12-7-16(26)13-31/h4-6,10-11,14,16H,1-3,7-9,12-13,15,26H2,(H2,27,28)(H,30,33)/t16-/m1/s1. The molecule has 1 aliphatic carbocycles. The molecule has 3 aromatic rings. The van der Waals surface area contributed by atoms with Gasteiger partial charge in [-0.3, -0.25) is 14.3 Å². The van der Waals surface area contributed by atoms with Crippen LogP contribution in [0.2, 0.25) is 5.02 Å². The molecule has 2 fully saturated rings. The van der Waals surface area contributed by atoms with E-state index in [0.29, 0.717) is 28.3 Å². The highest BCUT2D eigenvalue weighted by molar-refractivity contribution is 6.37. The summed E-state index contributed by atoms with van der Waals surface area (Å²) < 4.78 is 1.79. The Morgan fingerprint density at radius 1 is 1.21 bits per heavy atom. The summed E-state index contributed by atoms with van der Waals surface area (Å²) >= 11 is 6.56. The van der Waals surface area contributed by atoms with Crippen molar-refractivity contribution in [2.75, 3.05) is 25.4 Å². The van der Waals surface area contributed by atoms with Gasteiger partial charge in [0, 0.05) is 55.2 Å². The van der Waals surface area contributed by atoms with Gasteiger partial charge in [-0.05, 0) is 31.4 Å². The lowest BCUT2D eigenvalue weighted by atomic mass is 9.80. The first kappa shape index (κ1) is 22.1. The third kappa shape index (κ3) is 4.07. The molecular formula is C24H30ClN7O. The minimum atomic E-state index is -0.150. The molecule has 33 heavy (non-hydrogen) atoms. The van der Waals surface area contributed by atoms with Crippen LogP contribution in [-0.4, -0.2) is 56.6 Å². The molecule has 2 aliphatic rings. The van der Waals surface area contributed by atoms with Crippen LogP contribution in [0.5, 0.6) is 0 Å². The van der Waals surface area contributed by atoms with Gasteiger partial charge in [0.2, 0.25) is 0 Å². The van der Waals surface area contributed by atoms with E-state index in [2.05, 4.69) is 20.2 Å². The van der Waals surface area contributed by atoms with Gasteiger partial charge in [-0.25, -0.2) is 9.97 Å². The summed E-state index contributed by atoms with van der Waals surface area (Å²) in [4.78, 5) is 24.5. The molecule has 1 aliphatic heterocycles. The van der Waals surface area contributed by atoms with E-state index in [1.54, 1.807) is 29.2 Å². The molecule has 5 rings (SSSR count). The van der Waals surface area contributed by atoms with Gasteiger partial charge < -0.3 is 16.8 Å². The third-order valence-corrected chi connectivity index (χ3v) is 7.53. The monoisotopic (exact) mass is 467 g/mol. The first-order valence-electron chi connectivity index (χ1n) is 11.6. The van der Waals surface area contributed by atoms with Crippen molar-refractivity contribution in [1.82, 2.24) is 24.8 Å². The Hall–Kier alpha value is -2.68. The molecule has 9 heteroatoms. The zero-order valence-corrected chi connectivity index (χ0v) is 19.4. The zero-order valence-electron chi connectivity index (χ0n) is 18.6. The first-order valence-corrected chi connectivity index (χ1v) is 12.0. The van der Waals surface area contributed by atoms with Crippen molar-refractivity contribution in [1.29, 1.82) is 0 Å². The molecule has 1 saturated carbocycles. The van der Waals surface area contributed by atoms with Crippen molar-refractivity contribution in [3.8, 4) is 5.82 Å². The molecule has 0 unspecified atom stereocenters. The molecule has 174 valence electrons. The van der Waals surface area contributed by atoms with Gasteiger partial charge in [-0.15, -0.1) is 0 Å². The molecule has 3 heterocycles. The number of nitrogen functional groups attached to an aromatic ring is 1. The molecule has 1 saturated heterocycles. The largest absolute Gasteiger partial charge is 0.381 e. The fraction of sp³-hybridized carbons (Fsp3) is 0.458.